The van der Waals surface area contributed by atoms with Gasteiger partial charge in [-0.15, -0.1) is 0 Å². The van der Waals surface area contributed by atoms with Crippen LogP contribution in [0.15, 0.2) is 23.1 Å². The number of carboxylic acid groups (broad SMARTS) is 1. The van der Waals surface area contributed by atoms with Crippen LogP contribution in [-0.4, -0.2) is 25.4 Å². The lowest BCUT2D eigenvalue weighted by molar-refractivity contribution is 0.0693. The number of pyridine rings is 1. The van der Waals surface area contributed by atoms with E-state index in [9.17, 15) is 14.7 Å². The zero-order valence-electron chi connectivity index (χ0n) is 13.5. The molecule has 1 fully saturated rings. The lowest BCUT2D eigenvalue weighted by Crippen LogP contribution is -2.28. The highest BCUT2D eigenvalue weighted by Crippen LogP contribution is 2.29. The predicted molar refractivity (Wildman–Crippen MR) is 86.4 cm³/mol. The minimum Gasteiger partial charge on any atom is -0.477 e. The molecule has 0 bridgehead atoms. The summed E-state index contributed by atoms with van der Waals surface area (Å²) in [6, 6.07) is 3.78. The van der Waals surface area contributed by atoms with Crippen LogP contribution < -0.4 is 5.56 Å². The van der Waals surface area contributed by atoms with Crippen molar-refractivity contribution < 1.29 is 9.90 Å². The molecule has 1 saturated carbocycles. The maximum Gasteiger partial charge on any atom is 0.341 e. The minimum absolute atomic E-state index is 0.179. The molecule has 1 aliphatic carbocycles. The molecule has 0 unspecified atom stereocenters. The number of carboxylic acids is 1. The molecule has 2 aromatic heterocycles. The number of rotatable bonds is 3. The molecule has 2 heterocycles. The van der Waals surface area contributed by atoms with E-state index in [1.54, 1.807) is 19.2 Å². The van der Waals surface area contributed by atoms with Crippen molar-refractivity contribution in [1.29, 1.82) is 0 Å². The van der Waals surface area contributed by atoms with Gasteiger partial charge in [0.15, 0.2) is 0 Å². The molecule has 1 aliphatic rings. The SMILES string of the molecule is Cc1cc(-n2ccc(C)c(C(=O)O)c2=O)n(C2CCCCC2)n1. The fourth-order valence-corrected chi connectivity index (χ4v) is 3.34. The lowest BCUT2D eigenvalue weighted by atomic mass is 9.96. The predicted octanol–water partition coefficient (Wildman–Crippen LogP) is 2.85. The molecule has 0 aromatic carbocycles. The van der Waals surface area contributed by atoms with E-state index < -0.39 is 11.5 Å². The van der Waals surface area contributed by atoms with Crippen molar-refractivity contribution in [2.45, 2.75) is 52.0 Å². The van der Waals surface area contributed by atoms with Crippen LogP contribution in [0.3, 0.4) is 0 Å². The van der Waals surface area contributed by atoms with Crippen LogP contribution in [0.4, 0.5) is 0 Å². The van der Waals surface area contributed by atoms with Crippen LogP contribution in [0, 0.1) is 13.8 Å². The third-order valence-corrected chi connectivity index (χ3v) is 4.52. The molecule has 0 saturated heterocycles. The smallest absolute Gasteiger partial charge is 0.341 e. The molecule has 1 N–H and O–H groups in total. The molecule has 6 heteroatoms. The van der Waals surface area contributed by atoms with Crippen molar-refractivity contribution in [3.05, 3.63) is 45.5 Å². The Hall–Kier alpha value is -2.37. The Labute approximate surface area is 134 Å². The first-order valence-corrected chi connectivity index (χ1v) is 8.01. The summed E-state index contributed by atoms with van der Waals surface area (Å²) >= 11 is 0. The molecule has 0 atom stereocenters. The number of aromatic nitrogens is 3. The second kappa shape index (κ2) is 6.02. The Morgan fingerprint density at radius 1 is 1.26 bits per heavy atom. The van der Waals surface area contributed by atoms with Gasteiger partial charge in [0, 0.05) is 12.3 Å². The van der Waals surface area contributed by atoms with Crippen LogP contribution >= 0.6 is 0 Å². The van der Waals surface area contributed by atoms with E-state index in [1.165, 1.54) is 11.0 Å². The Kier molecular flexibility index (Phi) is 4.07. The number of nitrogens with zero attached hydrogens (tertiary/aromatic N) is 3. The third kappa shape index (κ3) is 2.81. The molecule has 0 radical (unpaired) electrons. The molecule has 122 valence electrons. The van der Waals surface area contributed by atoms with Crippen LogP contribution in [-0.2, 0) is 0 Å². The number of hydrogen-bond acceptors (Lipinski definition) is 3. The molecular formula is C17H21N3O3. The third-order valence-electron chi connectivity index (χ3n) is 4.52. The highest BCUT2D eigenvalue weighted by Gasteiger charge is 2.22. The van der Waals surface area contributed by atoms with Gasteiger partial charge in [-0.05, 0) is 38.3 Å². The zero-order chi connectivity index (χ0) is 16.6. The first-order chi connectivity index (χ1) is 11.0. The van der Waals surface area contributed by atoms with Crippen molar-refractivity contribution in [1.82, 2.24) is 14.3 Å². The topological polar surface area (TPSA) is 77.1 Å². The highest BCUT2D eigenvalue weighted by molar-refractivity contribution is 5.88. The summed E-state index contributed by atoms with van der Waals surface area (Å²) in [5.74, 6) is -0.538. The summed E-state index contributed by atoms with van der Waals surface area (Å²) in [6.45, 7) is 3.53. The van der Waals surface area contributed by atoms with Gasteiger partial charge in [0.25, 0.3) is 5.56 Å². The van der Waals surface area contributed by atoms with E-state index in [0.717, 1.165) is 31.4 Å². The van der Waals surface area contributed by atoms with E-state index in [4.69, 9.17) is 0 Å². The summed E-state index contributed by atoms with van der Waals surface area (Å²) in [4.78, 5) is 24.0. The van der Waals surface area contributed by atoms with Crippen molar-refractivity contribution in [3.8, 4) is 5.82 Å². The minimum atomic E-state index is -1.19. The molecule has 23 heavy (non-hydrogen) atoms. The van der Waals surface area contributed by atoms with Crippen molar-refractivity contribution in [3.63, 3.8) is 0 Å². The van der Waals surface area contributed by atoms with E-state index in [-0.39, 0.29) is 11.6 Å². The van der Waals surface area contributed by atoms with E-state index in [1.807, 2.05) is 17.7 Å². The quantitative estimate of drug-likeness (QED) is 0.945. The standard InChI is InChI=1S/C17H21N3O3/c1-11-8-9-19(16(21)15(11)17(22)23)14-10-12(2)18-20(14)13-6-4-3-5-7-13/h8-10,13H,3-7H2,1-2H3,(H,22,23). The van der Waals surface area contributed by atoms with Gasteiger partial charge in [0.1, 0.15) is 11.4 Å². The van der Waals surface area contributed by atoms with Crippen molar-refractivity contribution >= 4 is 5.97 Å². The molecule has 6 nitrogen and oxygen atoms in total. The summed E-state index contributed by atoms with van der Waals surface area (Å²) in [6.07, 6.45) is 7.28. The fourth-order valence-electron chi connectivity index (χ4n) is 3.34. The van der Waals surface area contributed by atoms with Crippen molar-refractivity contribution in [2.24, 2.45) is 0 Å². The fraction of sp³-hybridized carbons (Fsp3) is 0.471. The zero-order valence-corrected chi connectivity index (χ0v) is 13.5. The van der Waals surface area contributed by atoms with Crippen LogP contribution in [0.5, 0.6) is 0 Å². The molecule has 2 aromatic rings. The number of aromatic carboxylic acids is 1. The molecule has 3 rings (SSSR count). The average Bonchev–Trinajstić information content (AvgIpc) is 2.89. The largest absolute Gasteiger partial charge is 0.477 e. The average molecular weight is 315 g/mol. The molecule has 0 spiro atoms. The summed E-state index contributed by atoms with van der Waals surface area (Å²) in [5.41, 5.74) is 0.616. The number of carbonyl (C=O) groups is 1. The number of aryl methyl sites for hydroxylation is 2. The lowest BCUT2D eigenvalue weighted by Gasteiger charge is -2.24. The van der Waals surface area contributed by atoms with Gasteiger partial charge in [-0.25, -0.2) is 9.48 Å². The maximum absolute atomic E-state index is 12.6. The highest BCUT2D eigenvalue weighted by atomic mass is 16.4. The van der Waals surface area contributed by atoms with Crippen LogP contribution in [0.25, 0.3) is 5.82 Å². The van der Waals surface area contributed by atoms with Gasteiger partial charge in [-0.3, -0.25) is 9.36 Å². The van der Waals surface area contributed by atoms with Crippen LogP contribution in [0.1, 0.15) is 59.8 Å². The maximum atomic E-state index is 12.6. The normalized spacial score (nSPS) is 15.7. The molecular weight excluding hydrogens is 294 g/mol. The van der Waals surface area contributed by atoms with E-state index in [0.29, 0.717) is 11.4 Å². The van der Waals surface area contributed by atoms with Crippen molar-refractivity contribution in [2.75, 3.05) is 0 Å². The van der Waals surface area contributed by atoms with E-state index in [2.05, 4.69) is 5.10 Å². The second-order valence-corrected chi connectivity index (χ2v) is 6.23. The Bertz CT molecular complexity index is 798. The summed E-state index contributed by atoms with van der Waals surface area (Å²) in [5, 5.41) is 13.9. The Balaban J connectivity index is 2.14. The molecule has 0 amide bonds. The summed E-state index contributed by atoms with van der Waals surface area (Å²) in [7, 11) is 0. The molecule has 0 aliphatic heterocycles. The second-order valence-electron chi connectivity index (χ2n) is 6.23. The van der Waals surface area contributed by atoms with Gasteiger partial charge in [-0.2, -0.15) is 5.10 Å². The van der Waals surface area contributed by atoms with E-state index >= 15 is 0 Å². The Morgan fingerprint density at radius 3 is 2.61 bits per heavy atom. The monoisotopic (exact) mass is 315 g/mol. The summed E-state index contributed by atoms with van der Waals surface area (Å²) < 4.78 is 3.31. The van der Waals surface area contributed by atoms with Gasteiger partial charge in [0.2, 0.25) is 0 Å². The Morgan fingerprint density at radius 2 is 1.96 bits per heavy atom. The first-order valence-electron chi connectivity index (χ1n) is 8.01. The van der Waals surface area contributed by atoms with Gasteiger partial charge < -0.3 is 5.11 Å². The van der Waals surface area contributed by atoms with Gasteiger partial charge in [-0.1, -0.05) is 19.3 Å². The number of hydrogen-bond donors (Lipinski definition) is 1. The van der Waals surface area contributed by atoms with Gasteiger partial charge in [0.05, 0.1) is 11.7 Å². The first kappa shape index (κ1) is 15.5. The van der Waals surface area contributed by atoms with Crippen LogP contribution in [0.2, 0.25) is 0 Å². The van der Waals surface area contributed by atoms with Gasteiger partial charge >= 0.3 is 5.97 Å².